The first-order valence-corrected chi connectivity index (χ1v) is 8.18. The van der Waals surface area contributed by atoms with Crippen molar-refractivity contribution in [2.75, 3.05) is 6.61 Å². The second-order valence-corrected chi connectivity index (χ2v) is 6.04. The van der Waals surface area contributed by atoms with Crippen molar-refractivity contribution in [3.8, 4) is 0 Å². The van der Waals surface area contributed by atoms with Gasteiger partial charge in [-0.2, -0.15) is 13.2 Å². The minimum Gasteiger partial charge on any atom is -0.465 e. The normalized spacial score (nSPS) is 23.2. The van der Waals surface area contributed by atoms with Crippen LogP contribution in [0.5, 0.6) is 0 Å². The third-order valence-corrected chi connectivity index (χ3v) is 4.13. The number of carbonyl (C=O) groups is 2. The number of alkyl halides is 3. The Kier molecular flexibility index (Phi) is 7.85. The molecular formula is C16H25F3O4. The van der Waals surface area contributed by atoms with Crippen LogP contribution in [0.15, 0.2) is 0 Å². The molecule has 1 aliphatic carbocycles. The standard InChI is InChI=1S/C16H25F3O4/c1-3-14(20)22-10-12-7-5-6-11(8-12)9-13(16(17,18)19)23-15(21)4-2/h11-13H,3-10H2,1-2H3. The molecule has 0 radical (unpaired) electrons. The number of esters is 2. The fourth-order valence-electron chi connectivity index (χ4n) is 2.87. The molecule has 0 amide bonds. The first-order chi connectivity index (χ1) is 10.8. The highest BCUT2D eigenvalue weighted by atomic mass is 19.4. The van der Waals surface area contributed by atoms with E-state index in [9.17, 15) is 22.8 Å². The predicted octanol–water partition coefficient (Wildman–Crippen LogP) is 4.02. The van der Waals surface area contributed by atoms with Crippen molar-refractivity contribution in [2.24, 2.45) is 11.8 Å². The number of carbonyl (C=O) groups excluding carboxylic acids is 2. The van der Waals surface area contributed by atoms with E-state index in [2.05, 4.69) is 4.74 Å². The van der Waals surface area contributed by atoms with Gasteiger partial charge in [0.25, 0.3) is 0 Å². The number of hydrogen-bond acceptors (Lipinski definition) is 4. The quantitative estimate of drug-likeness (QED) is 0.658. The van der Waals surface area contributed by atoms with Gasteiger partial charge in [-0.15, -0.1) is 0 Å². The van der Waals surface area contributed by atoms with Gasteiger partial charge in [0.2, 0.25) is 0 Å². The van der Waals surface area contributed by atoms with Gasteiger partial charge in [0, 0.05) is 12.8 Å². The van der Waals surface area contributed by atoms with Gasteiger partial charge in [-0.3, -0.25) is 9.59 Å². The van der Waals surface area contributed by atoms with Gasteiger partial charge in [0.1, 0.15) is 0 Å². The lowest BCUT2D eigenvalue weighted by atomic mass is 9.79. The summed E-state index contributed by atoms with van der Waals surface area (Å²) in [6.07, 6.45) is -3.71. The van der Waals surface area contributed by atoms with Gasteiger partial charge in [0.05, 0.1) is 6.61 Å². The summed E-state index contributed by atoms with van der Waals surface area (Å²) in [5, 5.41) is 0. The van der Waals surface area contributed by atoms with Crippen LogP contribution >= 0.6 is 0 Å². The largest absolute Gasteiger partial charge is 0.465 e. The van der Waals surface area contributed by atoms with Crippen LogP contribution in [-0.4, -0.2) is 30.8 Å². The lowest BCUT2D eigenvalue weighted by Crippen LogP contribution is -2.36. The average Bonchev–Trinajstić information content (AvgIpc) is 2.51. The minimum absolute atomic E-state index is 0.0765. The van der Waals surface area contributed by atoms with Gasteiger partial charge >= 0.3 is 18.1 Å². The lowest BCUT2D eigenvalue weighted by Gasteiger charge is -2.31. The summed E-state index contributed by atoms with van der Waals surface area (Å²) in [5.74, 6) is -1.22. The van der Waals surface area contributed by atoms with Crippen molar-refractivity contribution in [1.82, 2.24) is 0 Å². The summed E-state index contributed by atoms with van der Waals surface area (Å²) < 4.78 is 48.7. The predicted molar refractivity (Wildman–Crippen MR) is 77.5 cm³/mol. The molecule has 0 aliphatic heterocycles. The molecule has 23 heavy (non-hydrogen) atoms. The van der Waals surface area contributed by atoms with E-state index in [-0.39, 0.29) is 37.3 Å². The third kappa shape index (κ3) is 7.22. The second kappa shape index (κ2) is 9.13. The summed E-state index contributed by atoms with van der Waals surface area (Å²) in [6, 6.07) is 0. The Hall–Kier alpha value is -1.27. The third-order valence-electron chi connectivity index (χ3n) is 4.13. The molecular weight excluding hydrogens is 313 g/mol. The smallest absolute Gasteiger partial charge is 0.425 e. The summed E-state index contributed by atoms with van der Waals surface area (Å²) in [4.78, 5) is 22.4. The first kappa shape index (κ1) is 19.8. The zero-order chi connectivity index (χ0) is 17.5. The Morgan fingerprint density at radius 3 is 2.26 bits per heavy atom. The molecule has 0 aromatic heterocycles. The molecule has 7 heteroatoms. The summed E-state index contributed by atoms with van der Waals surface area (Å²) in [5.41, 5.74) is 0. The average molecular weight is 338 g/mol. The van der Waals surface area contributed by atoms with Crippen molar-refractivity contribution >= 4 is 11.9 Å². The number of rotatable bonds is 7. The van der Waals surface area contributed by atoms with Crippen LogP contribution in [0, 0.1) is 11.8 Å². The van der Waals surface area contributed by atoms with Gasteiger partial charge < -0.3 is 9.47 Å². The van der Waals surface area contributed by atoms with E-state index in [0.717, 1.165) is 12.8 Å². The van der Waals surface area contributed by atoms with Gasteiger partial charge in [-0.1, -0.05) is 26.7 Å². The molecule has 3 unspecified atom stereocenters. The fraction of sp³-hybridized carbons (Fsp3) is 0.875. The number of halogens is 3. The molecule has 0 spiro atoms. The molecule has 134 valence electrons. The maximum atomic E-state index is 13.0. The second-order valence-electron chi connectivity index (χ2n) is 6.04. The van der Waals surface area contributed by atoms with Crippen LogP contribution < -0.4 is 0 Å². The maximum Gasteiger partial charge on any atom is 0.425 e. The topological polar surface area (TPSA) is 52.6 Å². The van der Waals surface area contributed by atoms with E-state index < -0.39 is 18.2 Å². The van der Waals surface area contributed by atoms with E-state index in [1.54, 1.807) is 6.92 Å². The van der Waals surface area contributed by atoms with Crippen LogP contribution in [0.4, 0.5) is 13.2 Å². The van der Waals surface area contributed by atoms with E-state index in [1.165, 1.54) is 6.92 Å². The van der Waals surface area contributed by atoms with Gasteiger partial charge in [-0.25, -0.2) is 0 Å². The van der Waals surface area contributed by atoms with Crippen LogP contribution in [0.1, 0.15) is 58.8 Å². The molecule has 0 saturated heterocycles. The molecule has 3 atom stereocenters. The van der Waals surface area contributed by atoms with E-state index in [1.807, 2.05) is 0 Å². The van der Waals surface area contributed by atoms with Crippen molar-refractivity contribution < 1.29 is 32.2 Å². The molecule has 0 aromatic rings. The molecule has 1 aliphatic rings. The van der Waals surface area contributed by atoms with Crippen molar-refractivity contribution in [1.29, 1.82) is 0 Å². The highest BCUT2D eigenvalue weighted by Crippen LogP contribution is 2.36. The first-order valence-electron chi connectivity index (χ1n) is 8.18. The zero-order valence-corrected chi connectivity index (χ0v) is 13.7. The number of ether oxygens (including phenoxy) is 2. The van der Waals surface area contributed by atoms with Crippen molar-refractivity contribution in [2.45, 2.75) is 71.1 Å². The molecule has 0 N–H and O–H groups in total. The van der Waals surface area contributed by atoms with E-state index >= 15 is 0 Å². The van der Waals surface area contributed by atoms with Crippen molar-refractivity contribution in [3.05, 3.63) is 0 Å². The molecule has 1 rings (SSSR count). The Bertz CT molecular complexity index is 395. The molecule has 0 heterocycles. The summed E-state index contributed by atoms with van der Waals surface area (Å²) in [6.45, 7) is 3.42. The Labute approximate surface area is 134 Å². The van der Waals surface area contributed by atoms with E-state index in [4.69, 9.17) is 4.74 Å². The molecule has 1 fully saturated rings. The van der Waals surface area contributed by atoms with Gasteiger partial charge in [0.15, 0.2) is 6.10 Å². The summed E-state index contributed by atoms with van der Waals surface area (Å²) >= 11 is 0. The minimum atomic E-state index is -4.55. The van der Waals surface area contributed by atoms with Crippen LogP contribution in [0.3, 0.4) is 0 Å². The summed E-state index contributed by atoms with van der Waals surface area (Å²) in [7, 11) is 0. The highest BCUT2D eigenvalue weighted by molar-refractivity contribution is 5.69. The zero-order valence-electron chi connectivity index (χ0n) is 13.7. The lowest BCUT2D eigenvalue weighted by molar-refractivity contribution is -0.225. The Balaban J connectivity index is 2.55. The molecule has 1 saturated carbocycles. The van der Waals surface area contributed by atoms with Crippen molar-refractivity contribution in [3.63, 3.8) is 0 Å². The number of hydrogen-bond donors (Lipinski definition) is 0. The highest BCUT2D eigenvalue weighted by Gasteiger charge is 2.44. The fourth-order valence-corrected chi connectivity index (χ4v) is 2.87. The van der Waals surface area contributed by atoms with Crippen LogP contribution in [0.25, 0.3) is 0 Å². The maximum absolute atomic E-state index is 13.0. The molecule has 0 aromatic carbocycles. The van der Waals surface area contributed by atoms with Crippen LogP contribution in [-0.2, 0) is 19.1 Å². The monoisotopic (exact) mass is 338 g/mol. The SMILES string of the molecule is CCC(=O)OCC1CCCC(CC(OC(=O)CC)C(F)(F)F)C1. The Morgan fingerprint density at radius 1 is 1.09 bits per heavy atom. The van der Waals surface area contributed by atoms with Crippen LogP contribution in [0.2, 0.25) is 0 Å². The molecule has 0 bridgehead atoms. The van der Waals surface area contributed by atoms with E-state index in [0.29, 0.717) is 19.3 Å². The van der Waals surface area contributed by atoms with Gasteiger partial charge in [-0.05, 0) is 31.1 Å². The Morgan fingerprint density at radius 2 is 1.70 bits per heavy atom. The molecule has 4 nitrogen and oxygen atoms in total.